The molecule has 5 heteroatoms. The fourth-order valence-electron chi connectivity index (χ4n) is 2.11. The van der Waals surface area contributed by atoms with Crippen molar-refractivity contribution in [3.63, 3.8) is 0 Å². The van der Waals surface area contributed by atoms with Crippen molar-refractivity contribution in [2.75, 3.05) is 11.4 Å². The summed E-state index contributed by atoms with van der Waals surface area (Å²) < 4.78 is 0. The summed E-state index contributed by atoms with van der Waals surface area (Å²) in [5.41, 5.74) is 1.40. The first-order chi connectivity index (χ1) is 8.52. The molecule has 5 nitrogen and oxygen atoms in total. The van der Waals surface area contributed by atoms with E-state index in [0.717, 1.165) is 12.0 Å². The second-order valence-electron chi connectivity index (χ2n) is 4.42. The Labute approximate surface area is 105 Å². The molecular formula is C13H15NO4. The Bertz CT molecular complexity index is 498. The average Bonchev–Trinajstić information content (AvgIpc) is 2.72. The summed E-state index contributed by atoms with van der Waals surface area (Å²) in [5, 5.41) is 18.7. The predicted octanol–water partition coefficient (Wildman–Crippen LogP) is 1.39. The Balaban J connectivity index is 2.32. The van der Waals surface area contributed by atoms with Crippen molar-refractivity contribution in [3.8, 4) is 5.75 Å². The minimum absolute atomic E-state index is 0.00610. The minimum atomic E-state index is -0.975. The van der Waals surface area contributed by atoms with E-state index >= 15 is 0 Å². The lowest BCUT2D eigenvalue weighted by Crippen LogP contribution is -2.25. The fourth-order valence-corrected chi connectivity index (χ4v) is 2.11. The van der Waals surface area contributed by atoms with E-state index in [4.69, 9.17) is 5.11 Å². The number of anilines is 1. The smallest absolute Gasteiger partial charge is 0.308 e. The number of carbonyl (C=O) groups excluding carboxylic acids is 1. The summed E-state index contributed by atoms with van der Waals surface area (Å²) in [5.74, 6) is -1.92. The van der Waals surface area contributed by atoms with Gasteiger partial charge in [-0.3, -0.25) is 9.59 Å². The normalized spacial score (nSPS) is 19.3. The lowest BCUT2D eigenvalue weighted by atomic mass is 10.1. The number of amides is 1. The molecule has 1 heterocycles. The molecule has 96 valence electrons. The molecular weight excluding hydrogens is 234 g/mol. The molecule has 0 saturated carbocycles. The zero-order chi connectivity index (χ0) is 13.3. The van der Waals surface area contributed by atoms with E-state index in [9.17, 15) is 14.7 Å². The van der Waals surface area contributed by atoms with Crippen LogP contribution in [0.4, 0.5) is 5.69 Å². The zero-order valence-corrected chi connectivity index (χ0v) is 10.1. The molecule has 0 spiro atoms. The van der Waals surface area contributed by atoms with E-state index in [1.807, 2.05) is 6.92 Å². The highest BCUT2D eigenvalue weighted by Crippen LogP contribution is 2.33. The van der Waals surface area contributed by atoms with E-state index in [2.05, 4.69) is 0 Å². The number of phenolic OH excluding ortho intramolecular Hbond substituents is 1. The van der Waals surface area contributed by atoms with Gasteiger partial charge in [-0.05, 0) is 24.1 Å². The van der Waals surface area contributed by atoms with Crippen LogP contribution in [0.1, 0.15) is 18.9 Å². The first-order valence-corrected chi connectivity index (χ1v) is 5.88. The van der Waals surface area contributed by atoms with Crippen molar-refractivity contribution in [2.45, 2.75) is 19.8 Å². The average molecular weight is 249 g/mol. The van der Waals surface area contributed by atoms with Crippen molar-refractivity contribution in [1.82, 2.24) is 0 Å². The summed E-state index contributed by atoms with van der Waals surface area (Å²) in [4.78, 5) is 24.0. The van der Waals surface area contributed by atoms with E-state index < -0.39 is 11.9 Å². The van der Waals surface area contributed by atoms with Crippen LogP contribution < -0.4 is 4.90 Å². The van der Waals surface area contributed by atoms with Gasteiger partial charge in [0.1, 0.15) is 5.75 Å². The number of rotatable bonds is 3. The number of aromatic hydroxyl groups is 1. The van der Waals surface area contributed by atoms with Crippen LogP contribution >= 0.6 is 0 Å². The van der Waals surface area contributed by atoms with Gasteiger partial charge in [-0.1, -0.05) is 13.0 Å². The van der Waals surface area contributed by atoms with Gasteiger partial charge >= 0.3 is 5.97 Å². The van der Waals surface area contributed by atoms with Gasteiger partial charge in [0, 0.05) is 13.0 Å². The van der Waals surface area contributed by atoms with Crippen LogP contribution in [0, 0.1) is 5.92 Å². The summed E-state index contributed by atoms with van der Waals surface area (Å²) in [6.07, 6.45) is 0.781. The van der Waals surface area contributed by atoms with Crippen LogP contribution in [0.5, 0.6) is 5.75 Å². The molecule has 0 radical (unpaired) electrons. The molecule has 0 unspecified atom stereocenters. The number of carboxylic acids is 1. The number of carboxylic acid groups (broad SMARTS) is 1. The monoisotopic (exact) mass is 249 g/mol. The van der Waals surface area contributed by atoms with Gasteiger partial charge in [0.05, 0.1) is 11.6 Å². The van der Waals surface area contributed by atoms with Crippen molar-refractivity contribution in [3.05, 3.63) is 23.8 Å². The van der Waals surface area contributed by atoms with E-state index in [0.29, 0.717) is 5.69 Å². The maximum Gasteiger partial charge on any atom is 0.308 e. The molecule has 1 atom stereocenters. The highest BCUT2D eigenvalue weighted by Gasteiger charge is 2.36. The van der Waals surface area contributed by atoms with Gasteiger partial charge in [0.25, 0.3) is 0 Å². The molecule has 1 fully saturated rings. The first-order valence-electron chi connectivity index (χ1n) is 5.88. The molecule has 1 amide bonds. The molecule has 1 aliphatic rings. The van der Waals surface area contributed by atoms with Gasteiger partial charge < -0.3 is 15.1 Å². The Morgan fingerprint density at radius 1 is 1.50 bits per heavy atom. The van der Waals surface area contributed by atoms with Crippen molar-refractivity contribution in [2.24, 2.45) is 5.92 Å². The highest BCUT2D eigenvalue weighted by molar-refractivity contribution is 6.00. The van der Waals surface area contributed by atoms with Gasteiger partial charge in [0.2, 0.25) is 5.91 Å². The van der Waals surface area contributed by atoms with E-state index in [1.165, 1.54) is 11.0 Å². The molecule has 0 aromatic heterocycles. The largest absolute Gasteiger partial charge is 0.506 e. The predicted molar refractivity (Wildman–Crippen MR) is 65.6 cm³/mol. The third-order valence-corrected chi connectivity index (χ3v) is 3.21. The number of phenols is 1. The Kier molecular flexibility index (Phi) is 3.23. The number of hydrogen-bond acceptors (Lipinski definition) is 3. The van der Waals surface area contributed by atoms with Gasteiger partial charge in [-0.15, -0.1) is 0 Å². The number of benzene rings is 1. The standard InChI is InChI=1S/C13H15NO4/c1-2-8-3-4-11(15)10(5-8)14-7-9(13(17)18)6-12(14)16/h3-5,9,15H,2,6-7H2,1H3,(H,17,18)/t9-/m0/s1. The maximum atomic E-state index is 11.8. The molecule has 0 bridgehead atoms. The van der Waals surface area contributed by atoms with Gasteiger partial charge in [0.15, 0.2) is 0 Å². The molecule has 2 rings (SSSR count). The van der Waals surface area contributed by atoms with Crippen LogP contribution in [-0.2, 0) is 16.0 Å². The van der Waals surface area contributed by atoms with E-state index in [-0.39, 0.29) is 24.6 Å². The second kappa shape index (κ2) is 4.68. The second-order valence-corrected chi connectivity index (χ2v) is 4.42. The summed E-state index contributed by atoms with van der Waals surface area (Å²) in [7, 11) is 0. The SMILES string of the molecule is CCc1ccc(O)c(N2C[C@@H](C(=O)O)CC2=O)c1. The Morgan fingerprint density at radius 2 is 2.22 bits per heavy atom. The van der Waals surface area contributed by atoms with Crippen molar-refractivity contribution < 1.29 is 19.8 Å². The fraction of sp³-hybridized carbons (Fsp3) is 0.385. The summed E-state index contributed by atoms with van der Waals surface area (Å²) >= 11 is 0. The van der Waals surface area contributed by atoms with Crippen molar-refractivity contribution in [1.29, 1.82) is 0 Å². The lowest BCUT2D eigenvalue weighted by Gasteiger charge is -2.18. The quantitative estimate of drug-likeness (QED) is 0.848. The Hall–Kier alpha value is -2.04. The number of nitrogens with zero attached hydrogens (tertiary/aromatic N) is 1. The Morgan fingerprint density at radius 3 is 2.78 bits per heavy atom. The lowest BCUT2D eigenvalue weighted by molar-refractivity contribution is -0.141. The minimum Gasteiger partial charge on any atom is -0.506 e. The van der Waals surface area contributed by atoms with Crippen LogP contribution in [-0.4, -0.2) is 28.6 Å². The molecule has 1 aromatic rings. The van der Waals surface area contributed by atoms with Gasteiger partial charge in [-0.25, -0.2) is 0 Å². The number of aryl methyl sites for hydroxylation is 1. The number of aliphatic carboxylic acids is 1. The number of carbonyl (C=O) groups is 2. The van der Waals surface area contributed by atoms with Gasteiger partial charge in [-0.2, -0.15) is 0 Å². The first kappa shape index (κ1) is 12.4. The molecule has 1 aromatic carbocycles. The van der Waals surface area contributed by atoms with Crippen LogP contribution in [0.3, 0.4) is 0 Å². The zero-order valence-electron chi connectivity index (χ0n) is 10.1. The molecule has 0 aliphatic carbocycles. The summed E-state index contributed by atoms with van der Waals surface area (Å²) in [6, 6.07) is 5.06. The van der Waals surface area contributed by atoms with Crippen LogP contribution in [0.2, 0.25) is 0 Å². The van der Waals surface area contributed by atoms with E-state index in [1.54, 1.807) is 12.1 Å². The molecule has 2 N–H and O–H groups in total. The molecule has 18 heavy (non-hydrogen) atoms. The topological polar surface area (TPSA) is 77.8 Å². The highest BCUT2D eigenvalue weighted by atomic mass is 16.4. The van der Waals surface area contributed by atoms with Crippen LogP contribution in [0.15, 0.2) is 18.2 Å². The maximum absolute atomic E-state index is 11.8. The van der Waals surface area contributed by atoms with Crippen molar-refractivity contribution >= 4 is 17.6 Å². The molecule has 1 saturated heterocycles. The number of hydrogen-bond donors (Lipinski definition) is 2. The third kappa shape index (κ3) is 2.16. The molecule has 1 aliphatic heterocycles. The third-order valence-electron chi connectivity index (χ3n) is 3.21. The van der Waals surface area contributed by atoms with Crippen LogP contribution in [0.25, 0.3) is 0 Å². The summed E-state index contributed by atoms with van der Waals surface area (Å²) in [6.45, 7) is 2.09.